The molecule has 2 aromatic carbocycles. The monoisotopic (exact) mass is 647 g/mol. The van der Waals surface area contributed by atoms with Crippen molar-refractivity contribution >= 4 is 61.3 Å². The van der Waals surface area contributed by atoms with E-state index in [-0.39, 0.29) is 17.1 Å². The summed E-state index contributed by atoms with van der Waals surface area (Å²) in [5.74, 6) is 1.33. The Hall–Kier alpha value is -3.19. The first-order valence-electron chi connectivity index (χ1n) is 10.4. The summed E-state index contributed by atoms with van der Waals surface area (Å²) in [6.45, 7) is 5.94. The minimum absolute atomic E-state index is 0.112. The normalized spacial score (nSPS) is 11.8. The van der Waals surface area contributed by atoms with Gasteiger partial charge in [0.15, 0.2) is 0 Å². The van der Waals surface area contributed by atoms with E-state index in [9.17, 15) is 14.9 Å². The third-order valence-electron chi connectivity index (χ3n) is 4.90. The molecule has 0 saturated carbocycles. The van der Waals surface area contributed by atoms with Gasteiger partial charge in [0.2, 0.25) is 5.88 Å². The van der Waals surface area contributed by atoms with Crippen molar-refractivity contribution in [3.05, 3.63) is 94.6 Å². The Kier molecular flexibility index (Phi) is 6.99. The Morgan fingerprint density at radius 2 is 1.94 bits per heavy atom. The number of rotatable bonds is 5. The molecule has 0 aliphatic carbocycles. The fraction of sp³-hybridized carbons (Fsp3) is 0.167. The second-order valence-corrected chi connectivity index (χ2v) is 10.7. The number of nitro groups is 1. The third-order valence-corrected chi connectivity index (χ3v) is 6.24. The topological polar surface area (TPSA) is 113 Å². The molecule has 0 amide bonds. The number of hydrogen-bond acceptors (Lipinski definition) is 7. The number of benzene rings is 2. The number of pyridine rings is 1. The highest BCUT2D eigenvalue weighted by Gasteiger charge is 2.23. The fourth-order valence-electron chi connectivity index (χ4n) is 3.20. The van der Waals surface area contributed by atoms with Crippen LogP contribution in [-0.4, -0.2) is 25.8 Å². The standard InChI is InChI=1S/C24H19BrIN5O4/c1-24(2,3)23-29-19-7-5-15(25)11-17(19)22(32)30(23)28-12-14-4-8-20(18(26)10-14)35-21-9-6-16(13-27-21)31(33)34/h4-13H,1-3H3. The van der Waals surface area contributed by atoms with E-state index < -0.39 is 10.3 Å². The molecular weight excluding hydrogens is 629 g/mol. The van der Waals surface area contributed by atoms with Gasteiger partial charge in [-0.2, -0.15) is 9.78 Å². The van der Waals surface area contributed by atoms with Crippen LogP contribution in [0.3, 0.4) is 0 Å². The lowest BCUT2D eigenvalue weighted by Gasteiger charge is -2.20. The summed E-state index contributed by atoms with van der Waals surface area (Å²) in [5.41, 5.74) is 0.585. The number of hydrogen-bond donors (Lipinski definition) is 0. The zero-order valence-corrected chi connectivity index (χ0v) is 22.6. The zero-order valence-electron chi connectivity index (χ0n) is 18.9. The lowest BCUT2D eigenvalue weighted by Crippen LogP contribution is -2.29. The van der Waals surface area contributed by atoms with Crippen LogP contribution in [0.2, 0.25) is 0 Å². The predicted molar refractivity (Wildman–Crippen MR) is 146 cm³/mol. The number of aromatic nitrogens is 3. The van der Waals surface area contributed by atoms with Crippen molar-refractivity contribution in [1.82, 2.24) is 14.6 Å². The van der Waals surface area contributed by atoms with Gasteiger partial charge in [0, 0.05) is 22.0 Å². The van der Waals surface area contributed by atoms with E-state index in [1.807, 2.05) is 39.0 Å². The van der Waals surface area contributed by atoms with Crippen molar-refractivity contribution in [1.29, 1.82) is 0 Å². The highest BCUT2D eigenvalue weighted by Crippen LogP contribution is 2.27. The van der Waals surface area contributed by atoms with Crippen molar-refractivity contribution in [2.24, 2.45) is 5.10 Å². The van der Waals surface area contributed by atoms with Gasteiger partial charge >= 0.3 is 0 Å². The largest absolute Gasteiger partial charge is 0.438 e. The first-order valence-corrected chi connectivity index (χ1v) is 12.2. The smallest absolute Gasteiger partial charge is 0.287 e. The second kappa shape index (κ2) is 9.82. The van der Waals surface area contributed by atoms with Gasteiger partial charge in [-0.3, -0.25) is 14.9 Å². The quantitative estimate of drug-likeness (QED) is 0.113. The summed E-state index contributed by atoms with van der Waals surface area (Å²) in [5, 5.41) is 15.7. The Morgan fingerprint density at radius 3 is 2.57 bits per heavy atom. The van der Waals surface area contributed by atoms with Gasteiger partial charge in [-0.05, 0) is 64.6 Å². The molecule has 0 spiro atoms. The van der Waals surface area contributed by atoms with E-state index in [1.54, 1.807) is 24.4 Å². The van der Waals surface area contributed by atoms with Crippen LogP contribution in [0.25, 0.3) is 10.9 Å². The molecule has 0 aliphatic rings. The lowest BCUT2D eigenvalue weighted by molar-refractivity contribution is -0.385. The molecule has 9 nitrogen and oxygen atoms in total. The molecule has 0 bridgehead atoms. The molecule has 4 aromatic rings. The molecule has 178 valence electrons. The number of halogens is 2. The third kappa shape index (κ3) is 5.56. The molecule has 35 heavy (non-hydrogen) atoms. The van der Waals surface area contributed by atoms with E-state index >= 15 is 0 Å². The Morgan fingerprint density at radius 1 is 1.17 bits per heavy atom. The lowest BCUT2D eigenvalue weighted by atomic mass is 9.95. The second-order valence-electron chi connectivity index (χ2n) is 8.61. The van der Waals surface area contributed by atoms with Gasteiger partial charge in [-0.15, -0.1) is 0 Å². The van der Waals surface area contributed by atoms with Gasteiger partial charge in [0.1, 0.15) is 17.8 Å². The minimum Gasteiger partial charge on any atom is -0.438 e. The minimum atomic E-state index is -0.519. The average Bonchev–Trinajstić information content (AvgIpc) is 2.80. The maximum absolute atomic E-state index is 13.3. The predicted octanol–water partition coefficient (Wildman–Crippen LogP) is 6.04. The van der Waals surface area contributed by atoms with Crippen molar-refractivity contribution in [3.8, 4) is 11.6 Å². The van der Waals surface area contributed by atoms with E-state index in [0.717, 1.165) is 19.8 Å². The molecule has 0 aliphatic heterocycles. The maximum atomic E-state index is 13.3. The summed E-state index contributed by atoms with van der Waals surface area (Å²) < 4.78 is 8.65. The molecule has 2 heterocycles. The molecule has 2 aromatic heterocycles. The highest BCUT2D eigenvalue weighted by atomic mass is 127. The molecule has 0 N–H and O–H groups in total. The van der Waals surface area contributed by atoms with Crippen LogP contribution in [0.4, 0.5) is 5.69 Å². The molecule has 0 fully saturated rings. The molecule has 11 heteroatoms. The molecular formula is C24H19BrIN5O4. The fourth-order valence-corrected chi connectivity index (χ4v) is 4.21. The zero-order chi connectivity index (χ0) is 25.3. The van der Waals surface area contributed by atoms with E-state index in [1.165, 1.54) is 16.8 Å². The first kappa shape index (κ1) is 24.9. The summed E-state index contributed by atoms with van der Waals surface area (Å²) in [7, 11) is 0. The molecule has 0 atom stereocenters. The SMILES string of the molecule is CC(C)(C)c1nc2ccc(Br)cc2c(=O)n1N=Cc1ccc(Oc2ccc([N+](=O)[O-])cn2)c(I)c1. The van der Waals surface area contributed by atoms with Crippen molar-refractivity contribution < 1.29 is 9.66 Å². The number of nitrogens with zero attached hydrogens (tertiary/aromatic N) is 5. The summed E-state index contributed by atoms with van der Waals surface area (Å²) in [6, 6.07) is 13.6. The van der Waals surface area contributed by atoms with Crippen LogP contribution in [0, 0.1) is 13.7 Å². The van der Waals surface area contributed by atoms with Crippen LogP contribution in [-0.2, 0) is 5.41 Å². The summed E-state index contributed by atoms with van der Waals surface area (Å²) in [4.78, 5) is 32.2. The van der Waals surface area contributed by atoms with Crippen LogP contribution >= 0.6 is 38.5 Å². The van der Waals surface area contributed by atoms with E-state index in [2.05, 4.69) is 48.6 Å². The van der Waals surface area contributed by atoms with Gasteiger partial charge < -0.3 is 4.74 Å². The van der Waals surface area contributed by atoms with Crippen molar-refractivity contribution in [2.45, 2.75) is 26.2 Å². The molecule has 0 saturated heterocycles. The molecule has 4 rings (SSSR count). The Labute approximate surface area is 222 Å². The van der Waals surface area contributed by atoms with Crippen LogP contribution in [0.15, 0.2) is 69.1 Å². The van der Waals surface area contributed by atoms with Crippen molar-refractivity contribution in [2.75, 3.05) is 0 Å². The molecule has 0 radical (unpaired) electrons. The van der Waals surface area contributed by atoms with E-state index in [0.29, 0.717) is 22.5 Å². The number of fused-ring (bicyclic) bond motifs is 1. The van der Waals surface area contributed by atoms with Gasteiger partial charge in [-0.1, -0.05) is 36.7 Å². The van der Waals surface area contributed by atoms with Gasteiger partial charge in [0.25, 0.3) is 11.2 Å². The number of ether oxygens (including phenoxy) is 1. The van der Waals surface area contributed by atoms with E-state index in [4.69, 9.17) is 9.72 Å². The highest BCUT2D eigenvalue weighted by molar-refractivity contribution is 14.1. The summed E-state index contributed by atoms with van der Waals surface area (Å²) in [6.07, 6.45) is 2.74. The van der Waals surface area contributed by atoms with Crippen LogP contribution in [0.5, 0.6) is 11.6 Å². The van der Waals surface area contributed by atoms with Crippen LogP contribution in [0.1, 0.15) is 32.2 Å². The molecule has 0 unspecified atom stereocenters. The maximum Gasteiger partial charge on any atom is 0.287 e. The average molecular weight is 648 g/mol. The van der Waals surface area contributed by atoms with Crippen LogP contribution < -0.4 is 10.3 Å². The summed E-state index contributed by atoms with van der Waals surface area (Å²) >= 11 is 5.53. The first-order chi connectivity index (χ1) is 16.5. The van der Waals surface area contributed by atoms with Crippen molar-refractivity contribution in [3.63, 3.8) is 0 Å². The van der Waals surface area contributed by atoms with Gasteiger partial charge in [0.05, 0.1) is 25.6 Å². The van der Waals surface area contributed by atoms with Gasteiger partial charge in [-0.25, -0.2) is 9.97 Å². The Balaban J connectivity index is 1.66. The Bertz CT molecular complexity index is 1530.